The van der Waals surface area contributed by atoms with Gasteiger partial charge in [-0.15, -0.1) is 0 Å². The second-order valence-electron chi connectivity index (χ2n) is 5.09. The van der Waals surface area contributed by atoms with Gasteiger partial charge in [0.1, 0.15) is 4.99 Å². The Morgan fingerprint density at radius 1 is 1.53 bits per heavy atom. The first-order valence-electron chi connectivity index (χ1n) is 5.79. The minimum absolute atomic E-state index is 0.134. The summed E-state index contributed by atoms with van der Waals surface area (Å²) in [4.78, 5) is 0.242. The largest absolute Gasteiger partial charge is 0.389 e. The Morgan fingerprint density at radius 3 is 2.68 bits per heavy atom. The van der Waals surface area contributed by atoms with Crippen molar-refractivity contribution in [2.75, 3.05) is 16.8 Å². The van der Waals surface area contributed by atoms with Crippen molar-refractivity contribution < 1.29 is 8.42 Å². The van der Waals surface area contributed by atoms with Gasteiger partial charge in [-0.05, 0) is 31.5 Å². The van der Waals surface area contributed by atoms with Gasteiger partial charge in [-0.2, -0.15) is 0 Å². The van der Waals surface area contributed by atoms with E-state index in [1.165, 1.54) is 0 Å². The Labute approximate surface area is 123 Å². The van der Waals surface area contributed by atoms with Gasteiger partial charge in [0.25, 0.3) is 0 Å². The number of sulfone groups is 1. The highest BCUT2D eigenvalue weighted by Gasteiger charge is 2.38. The summed E-state index contributed by atoms with van der Waals surface area (Å²) in [6, 6.07) is 5.25. The fourth-order valence-corrected chi connectivity index (χ4v) is 4.86. The fraction of sp³-hybridized carbons (Fsp3) is 0.417. The average Bonchev–Trinajstić information content (AvgIpc) is 2.52. The van der Waals surface area contributed by atoms with E-state index < -0.39 is 15.4 Å². The number of halogens is 1. The Balaban J connectivity index is 2.21. The predicted molar refractivity (Wildman–Crippen MR) is 82.6 cm³/mol. The molecule has 1 heterocycles. The van der Waals surface area contributed by atoms with E-state index >= 15 is 0 Å². The van der Waals surface area contributed by atoms with Crippen LogP contribution in [0.25, 0.3) is 0 Å². The van der Waals surface area contributed by atoms with Crippen molar-refractivity contribution in [2.45, 2.75) is 18.9 Å². The summed E-state index contributed by atoms with van der Waals surface area (Å²) in [5, 5.41) is 3.69. The molecule has 1 fully saturated rings. The number of nitrogens with one attached hydrogen (secondary N) is 1. The quantitative estimate of drug-likeness (QED) is 0.834. The van der Waals surface area contributed by atoms with E-state index in [4.69, 9.17) is 29.6 Å². The number of nitrogens with two attached hydrogens (primary N) is 1. The maximum Gasteiger partial charge on any atom is 0.152 e. The third-order valence-corrected chi connectivity index (χ3v) is 5.62. The SMILES string of the molecule is CC1(Nc2ccc(C(N)=S)c(Cl)c2)CCS(=O)(=O)C1. The zero-order valence-electron chi connectivity index (χ0n) is 10.4. The van der Waals surface area contributed by atoms with Gasteiger partial charge in [-0.1, -0.05) is 23.8 Å². The fourth-order valence-electron chi connectivity index (χ4n) is 2.25. The number of thiocarbonyl (C=S) groups is 1. The first-order chi connectivity index (χ1) is 8.71. The van der Waals surface area contributed by atoms with Crippen molar-refractivity contribution in [2.24, 2.45) is 5.73 Å². The molecule has 1 saturated heterocycles. The zero-order valence-corrected chi connectivity index (χ0v) is 12.8. The first kappa shape index (κ1) is 14.6. The van der Waals surface area contributed by atoms with Gasteiger partial charge in [0.2, 0.25) is 0 Å². The molecule has 3 N–H and O–H groups in total. The van der Waals surface area contributed by atoms with E-state index in [0.717, 1.165) is 5.69 Å². The van der Waals surface area contributed by atoms with Crippen LogP contribution >= 0.6 is 23.8 Å². The van der Waals surface area contributed by atoms with E-state index in [9.17, 15) is 8.42 Å². The molecule has 1 atom stereocenters. The second kappa shape index (κ2) is 4.92. The monoisotopic (exact) mass is 318 g/mol. The molecule has 1 unspecified atom stereocenters. The highest BCUT2D eigenvalue weighted by Crippen LogP contribution is 2.29. The molecule has 104 valence electrons. The van der Waals surface area contributed by atoms with Crippen LogP contribution in [-0.4, -0.2) is 30.5 Å². The minimum Gasteiger partial charge on any atom is -0.389 e. The summed E-state index contributed by atoms with van der Waals surface area (Å²) < 4.78 is 23.1. The molecule has 0 bridgehead atoms. The molecule has 0 saturated carbocycles. The minimum atomic E-state index is -2.94. The van der Waals surface area contributed by atoms with Gasteiger partial charge in [0, 0.05) is 16.8 Å². The Hall–Kier alpha value is -0.850. The number of hydrogen-bond donors (Lipinski definition) is 2. The number of rotatable bonds is 3. The molecule has 4 nitrogen and oxygen atoms in total. The molecule has 0 aromatic heterocycles. The molecule has 7 heteroatoms. The first-order valence-corrected chi connectivity index (χ1v) is 8.40. The van der Waals surface area contributed by atoms with Crippen LogP contribution in [-0.2, 0) is 9.84 Å². The summed E-state index contributed by atoms with van der Waals surface area (Å²) in [7, 11) is -2.94. The molecule has 1 aromatic carbocycles. The molecule has 1 aromatic rings. The number of hydrogen-bond acceptors (Lipinski definition) is 4. The number of anilines is 1. The molecule has 19 heavy (non-hydrogen) atoms. The Kier molecular flexibility index (Phi) is 3.77. The maximum absolute atomic E-state index is 11.5. The van der Waals surface area contributed by atoms with E-state index in [1.54, 1.807) is 18.2 Å². The molecule has 0 radical (unpaired) electrons. The molecule has 1 aliphatic rings. The van der Waals surface area contributed by atoms with Crippen molar-refractivity contribution in [3.05, 3.63) is 28.8 Å². The van der Waals surface area contributed by atoms with Crippen molar-refractivity contribution in [1.29, 1.82) is 0 Å². The van der Waals surface area contributed by atoms with Crippen LogP contribution in [0.5, 0.6) is 0 Å². The lowest BCUT2D eigenvalue weighted by molar-refractivity contribution is 0.574. The van der Waals surface area contributed by atoms with E-state index in [1.807, 2.05) is 6.92 Å². The molecular weight excluding hydrogens is 304 g/mol. The van der Waals surface area contributed by atoms with Gasteiger partial charge >= 0.3 is 0 Å². The van der Waals surface area contributed by atoms with Gasteiger partial charge in [-0.3, -0.25) is 0 Å². The third kappa shape index (κ3) is 3.38. The van der Waals surface area contributed by atoms with Crippen molar-refractivity contribution in [3.63, 3.8) is 0 Å². The third-order valence-electron chi connectivity index (χ3n) is 3.18. The van der Waals surface area contributed by atoms with E-state index in [0.29, 0.717) is 17.0 Å². The molecule has 0 amide bonds. The standard InChI is InChI=1S/C12H15ClN2O2S2/c1-12(4-5-19(16,17)7-12)15-8-2-3-9(11(14)18)10(13)6-8/h2-3,6,15H,4-5,7H2,1H3,(H2,14,18). The Morgan fingerprint density at radius 2 is 2.21 bits per heavy atom. The van der Waals surface area contributed by atoms with Gasteiger partial charge in [0.15, 0.2) is 9.84 Å². The lowest BCUT2D eigenvalue weighted by Crippen LogP contribution is -2.35. The summed E-state index contributed by atoms with van der Waals surface area (Å²) in [6.07, 6.45) is 0.587. The summed E-state index contributed by atoms with van der Waals surface area (Å²) >= 11 is 11.0. The molecule has 2 rings (SSSR count). The van der Waals surface area contributed by atoms with Gasteiger partial charge in [-0.25, -0.2) is 8.42 Å². The van der Waals surface area contributed by atoms with Crippen LogP contribution in [0.3, 0.4) is 0 Å². The molecule has 0 aliphatic carbocycles. The van der Waals surface area contributed by atoms with Gasteiger partial charge in [0.05, 0.1) is 16.5 Å². The molecule has 1 aliphatic heterocycles. The predicted octanol–water partition coefficient (Wildman–Crippen LogP) is 1.96. The van der Waals surface area contributed by atoms with Crippen molar-refractivity contribution in [3.8, 4) is 0 Å². The topological polar surface area (TPSA) is 72.2 Å². The summed E-state index contributed by atoms with van der Waals surface area (Å²) in [5.74, 6) is 0.351. The van der Waals surface area contributed by atoms with Gasteiger partial charge < -0.3 is 11.1 Å². The highest BCUT2D eigenvalue weighted by atomic mass is 35.5. The van der Waals surface area contributed by atoms with Crippen LogP contribution < -0.4 is 11.1 Å². The van der Waals surface area contributed by atoms with E-state index in [2.05, 4.69) is 5.32 Å². The maximum atomic E-state index is 11.5. The summed E-state index contributed by atoms with van der Waals surface area (Å²) in [6.45, 7) is 1.90. The second-order valence-corrected chi connectivity index (χ2v) is 8.12. The van der Waals surface area contributed by atoms with Crippen LogP contribution in [0.4, 0.5) is 5.69 Å². The normalized spacial score (nSPS) is 25.2. The van der Waals surface area contributed by atoms with Crippen LogP contribution in [0.2, 0.25) is 5.02 Å². The number of benzene rings is 1. The van der Waals surface area contributed by atoms with Crippen LogP contribution in [0.15, 0.2) is 18.2 Å². The van der Waals surface area contributed by atoms with Crippen LogP contribution in [0, 0.1) is 0 Å². The lowest BCUT2D eigenvalue weighted by Gasteiger charge is -2.25. The van der Waals surface area contributed by atoms with Crippen molar-refractivity contribution >= 4 is 44.3 Å². The molecular formula is C12H15ClN2O2S2. The van der Waals surface area contributed by atoms with Crippen LogP contribution in [0.1, 0.15) is 18.9 Å². The lowest BCUT2D eigenvalue weighted by atomic mass is 10.0. The molecule has 0 spiro atoms. The van der Waals surface area contributed by atoms with Crippen molar-refractivity contribution in [1.82, 2.24) is 0 Å². The van der Waals surface area contributed by atoms with E-state index in [-0.39, 0.29) is 16.5 Å². The summed E-state index contributed by atoms with van der Waals surface area (Å²) in [5.41, 5.74) is 6.47. The average molecular weight is 319 g/mol. The Bertz CT molecular complexity index is 631. The highest BCUT2D eigenvalue weighted by molar-refractivity contribution is 7.91. The smallest absolute Gasteiger partial charge is 0.152 e. The zero-order chi connectivity index (χ0) is 14.3.